The zero-order chi connectivity index (χ0) is 12.1. The van der Waals surface area contributed by atoms with Gasteiger partial charge in [-0.3, -0.25) is 0 Å². The maximum absolute atomic E-state index is 12.1. The van der Waals surface area contributed by atoms with Crippen LogP contribution in [0.25, 0.3) is 5.65 Å². The molecule has 5 nitrogen and oxygen atoms in total. The summed E-state index contributed by atoms with van der Waals surface area (Å²) in [6, 6.07) is 3.28. The number of hydrogen-bond acceptors (Lipinski definition) is 3. The third kappa shape index (κ3) is 1.94. The van der Waals surface area contributed by atoms with Gasteiger partial charge >= 0.3 is 0 Å². The van der Waals surface area contributed by atoms with Crippen LogP contribution in [0.4, 0.5) is 0 Å². The summed E-state index contributed by atoms with van der Waals surface area (Å²) in [5.74, 6) is 0. The molecule has 2 aromatic heterocycles. The van der Waals surface area contributed by atoms with Crippen LogP contribution in [0.3, 0.4) is 0 Å². The van der Waals surface area contributed by atoms with Gasteiger partial charge < -0.3 is 4.40 Å². The molecule has 1 aliphatic carbocycles. The van der Waals surface area contributed by atoms with E-state index in [1.54, 1.807) is 35.1 Å². The maximum atomic E-state index is 12.1. The predicted molar refractivity (Wildman–Crippen MR) is 63.2 cm³/mol. The molecule has 1 saturated carbocycles. The Hall–Kier alpha value is -1.40. The van der Waals surface area contributed by atoms with Crippen molar-refractivity contribution >= 4 is 15.7 Å². The van der Waals surface area contributed by atoms with Crippen molar-refractivity contribution in [2.75, 3.05) is 0 Å². The van der Waals surface area contributed by atoms with Crippen molar-refractivity contribution < 1.29 is 8.42 Å². The maximum Gasteiger partial charge on any atom is 0.242 e. The highest BCUT2D eigenvalue weighted by atomic mass is 32.2. The summed E-state index contributed by atoms with van der Waals surface area (Å²) in [4.78, 5) is 4.35. The number of pyridine rings is 1. The third-order valence-electron chi connectivity index (χ3n) is 3.05. The van der Waals surface area contributed by atoms with E-state index in [9.17, 15) is 8.42 Å². The molecule has 2 heterocycles. The largest absolute Gasteiger partial charge is 0.306 e. The van der Waals surface area contributed by atoms with Crippen molar-refractivity contribution in [1.29, 1.82) is 0 Å². The lowest BCUT2D eigenvalue weighted by molar-refractivity contribution is 0.557. The molecule has 0 saturated heterocycles. The molecule has 3 rings (SSSR count). The second-order valence-electron chi connectivity index (χ2n) is 4.72. The monoisotopic (exact) mass is 251 g/mol. The van der Waals surface area contributed by atoms with E-state index in [0.717, 1.165) is 18.5 Å². The average Bonchev–Trinajstić information content (AvgIpc) is 2.81. The molecule has 90 valence electrons. The number of sulfonamides is 1. The van der Waals surface area contributed by atoms with Gasteiger partial charge in [-0.05, 0) is 31.9 Å². The van der Waals surface area contributed by atoms with Crippen LogP contribution in [0, 0.1) is 0 Å². The molecule has 0 aliphatic heterocycles. The van der Waals surface area contributed by atoms with Gasteiger partial charge in [-0.1, -0.05) is 0 Å². The molecule has 6 heteroatoms. The molecular weight excluding hydrogens is 238 g/mol. The molecule has 1 N–H and O–H groups in total. The van der Waals surface area contributed by atoms with Crippen molar-refractivity contribution in [1.82, 2.24) is 14.1 Å². The highest BCUT2D eigenvalue weighted by Gasteiger charge is 2.41. The first kappa shape index (κ1) is 10.7. The summed E-state index contributed by atoms with van der Waals surface area (Å²) in [5.41, 5.74) is 0.490. The second-order valence-corrected chi connectivity index (χ2v) is 6.41. The summed E-state index contributed by atoms with van der Waals surface area (Å²) in [7, 11) is -3.42. The molecule has 0 aromatic carbocycles. The Kier molecular flexibility index (Phi) is 2.08. The van der Waals surface area contributed by atoms with Crippen LogP contribution >= 0.6 is 0 Å². The fourth-order valence-corrected chi connectivity index (χ4v) is 3.20. The lowest BCUT2D eigenvalue weighted by atomic mass is 10.4. The van der Waals surface area contributed by atoms with Gasteiger partial charge in [0, 0.05) is 24.1 Å². The first-order chi connectivity index (χ1) is 7.99. The molecule has 1 aliphatic rings. The van der Waals surface area contributed by atoms with Gasteiger partial charge in [0.15, 0.2) is 0 Å². The number of imidazole rings is 1. The first-order valence-corrected chi connectivity index (χ1v) is 6.94. The lowest BCUT2D eigenvalue weighted by Crippen LogP contribution is -2.34. The van der Waals surface area contributed by atoms with Gasteiger partial charge in [-0.2, -0.15) is 0 Å². The number of nitrogens with zero attached hydrogens (tertiary/aromatic N) is 2. The molecule has 1 fully saturated rings. The van der Waals surface area contributed by atoms with Crippen molar-refractivity contribution in [3.8, 4) is 0 Å². The van der Waals surface area contributed by atoms with Crippen LogP contribution < -0.4 is 4.72 Å². The SMILES string of the molecule is CC1(NS(=O)(=O)c2ccc3nccn3c2)CC1. The van der Waals surface area contributed by atoms with E-state index < -0.39 is 10.0 Å². The van der Waals surface area contributed by atoms with Crippen LogP contribution in [0.1, 0.15) is 19.8 Å². The standard InChI is InChI=1S/C11H13N3O2S/c1-11(4-5-11)13-17(15,16)9-2-3-10-12-6-7-14(10)8-9/h2-3,6-8,13H,4-5H2,1H3. The Balaban J connectivity index is 2.01. The Bertz CT molecular complexity index is 671. The van der Waals surface area contributed by atoms with Gasteiger partial charge in [0.2, 0.25) is 10.0 Å². The van der Waals surface area contributed by atoms with Gasteiger partial charge in [-0.15, -0.1) is 0 Å². The summed E-state index contributed by atoms with van der Waals surface area (Å²) in [5, 5.41) is 0. The summed E-state index contributed by atoms with van der Waals surface area (Å²) in [6.45, 7) is 1.92. The molecule has 0 spiro atoms. The molecule has 2 aromatic rings. The number of hydrogen-bond donors (Lipinski definition) is 1. The second kappa shape index (κ2) is 3.30. The van der Waals surface area contributed by atoms with E-state index >= 15 is 0 Å². The number of fused-ring (bicyclic) bond motifs is 1. The van der Waals surface area contributed by atoms with Crippen LogP contribution in [0.2, 0.25) is 0 Å². The lowest BCUT2D eigenvalue weighted by Gasteiger charge is -2.12. The fraction of sp³-hybridized carbons (Fsp3) is 0.364. The highest BCUT2D eigenvalue weighted by molar-refractivity contribution is 7.89. The smallest absolute Gasteiger partial charge is 0.242 e. The minimum Gasteiger partial charge on any atom is -0.306 e. The number of nitrogens with one attached hydrogen (secondary N) is 1. The Morgan fingerprint density at radius 1 is 1.41 bits per heavy atom. The molecule has 0 atom stereocenters. The molecular formula is C11H13N3O2S. The quantitative estimate of drug-likeness (QED) is 0.890. The molecule has 17 heavy (non-hydrogen) atoms. The van der Waals surface area contributed by atoms with Crippen LogP contribution in [0.5, 0.6) is 0 Å². The Morgan fingerprint density at radius 2 is 2.18 bits per heavy atom. The Labute approximate surface area is 99.5 Å². The fourth-order valence-electron chi connectivity index (χ4n) is 1.73. The van der Waals surface area contributed by atoms with Crippen molar-refractivity contribution in [2.45, 2.75) is 30.2 Å². The number of rotatable bonds is 3. The average molecular weight is 251 g/mol. The van der Waals surface area contributed by atoms with E-state index in [0.29, 0.717) is 0 Å². The third-order valence-corrected chi connectivity index (χ3v) is 4.68. The van der Waals surface area contributed by atoms with E-state index in [1.807, 2.05) is 6.92 Å². The number of aromatic nitrogens is 2. The van der Waals surface area contributed by atoms with Gasteiger partial charge in [0.25, 0.3) is 0 Å². The molecule has 0 radical (unpaired) electrons. The first-order valence-electron chi connectivity index (χ1n) is 5.45. The van der Waals surface area contributed by atoms with Gasteiger partial charge in [0.1, 0.15) is 5.65 Å². The minimum atomic E-state index is -3.42. The van der Waals surface area contributed by atoms with Crippen molar-refractivity contribution in [2.24, 2.45) is 0 Å². The normalized spacial score (nSPS) is 18.4. The molecule has 0 bridgehead atoms. The van der Waals surface area contributed by atoms with E-state index in [1.165, 1.54) is 0 Å². The molecule has 0 unspecified atom stereocenters. The van der Waals surface area contributed by atoms with E-state index in [2.05, 4.69) is 9.71 Å². The van der Waals surface area contributed by atoms with Crippen molar-refractivity contribution in [3.05, 3.63) is 30.7 Å². The van der Waals surface area contributed by atoms with Crippen LogP contribution in [-0.2, 0) is 10.0 Å². The van der Waals surface area contributed by atoms with Crippen molar-refractivity contribution in [3.63, 3.8) is 0 Å². The van der Waals surface area contributed by atoms with E-state index in [4.69, 9.17) is 0 Å². The van der Waals surface area contributed by atoms with E-state index in [-0.39, 0.29) is 10.4 Å². The summed E-state index contributed by atoms with van der Waals surface area (Å²) >= 11 is 0. The Morgan fingerprint density at radius 3 is 2.88 bits per heavy atom. The minimum absolute atomic E-state index is 0.247. The van der Waals surface area contributed by atoms with Gasteiger partial charge in [-0.25, -0.2) is 18.1 Å². The topological polar surface area (TPSA) is 63.5 Å². The van der Waals surface area contributed by atoms with Crippen LogP contribution in [0.15, 0.2) is 35.6 Å². The zero-order valence-corrected chi connectivity index (χ0v) is 10.2. The highest BCUT2D eigenvalue weighted by Crippen LogP contribution is 2.35. The summed E-state index contributed by atoms with van der Waals surface area (Å²) < 4.78 is 28.6. The predicted octanol–water partition coefficient (Wildman–Crippen LogP) is 1.17. The zero-order valence-electron chi connectivity index (χ0n) is 9.42. The van der Waals surface area contributed by atoms with Crippen LogP contribution in [-0.4, -0.2) is 23.3 Å². The van der Waals surface area contributed by atoms with Gasteiger partial charge in [0.05, 0.1) is 4.90 Å². The molecule has 0 amide bonds. The summed E-state index contributed by atoms with van der Waals surface area (Å²) in [6.07, 6.45) is 6.75.